The van der Waals surface area contributed by atoms with E-state index < -0.39 is 5.97 Å². The minimum absolute atomic E-state index is 0.0224. The number of rotatable bonds is 4. The Morgan fingerprint density at radius 1 is 1.36 bits per heavy atom. The van der Waals surface area contributed by atoms with Crippen molar-refractivity contribution in [2.24, 2.45) is 0 Å². The monoisotopic (exact) mass is 304 g/mol. The number of carboxylic acid groups (broad SMARTS) is 1. The lowest BCUT2D eigenvalue weighted by atomic mass is 9.99. The van der Waals surface area contributed by atoms with Gasteiger partial charge in [0.2, 0.25) is 0 Å². The second-order valence-electron chi connectivity index (χ2n) is 6.64. The summed E-state index contributed by atoms with van der Waals surface area (Å²) in [5.74, 6) is -0.846. The van der Waals surface area contributed by atoms with Gasteiger partial charge in [-0.2, -0.15) is 0 Å². The van der Waals surface area contributed by atoms with Crippen LogP contribution in [0.5, 0.6) is 0 Å². The average molecular weight is 304 g/mol. The first-order chi connectivity index (χ1) is 10.6. The Balaban J connectivity index is 2.04. The van der Waals surface area contributed by atoms with E-state index in [9.17, 15) is 9.59 Å². The minimum Gasteiger partial charge on any atom is -0.481 e. The van der Waals surface area contributed by atoms with E-state index >= 15 is 0 Å². The van der Waals surface area contributed by atoms with Gasteiger partial charge in [0.05, 0.1) is 0 Å². The zero-order valence-electron chi connectivity index (χ0n) is 13.2. The number of aryl methyl sites for hydroxylation is 1. The lowest BCUT2D eigenvalue weighted by molar-refractivity contribution is -0.136. The maximum atomic E-state index is 12.9. The molecule has 0 atom stereocenters. The molecule has 0 aromatic carbocycles. The van der Waals surface area contributed by atoms with Gasteiger partial charge in [-0.25, -0.2) is 0 Å². The van der Waals surface area contributed by atoms with E-state index in [1.165, 1.54) is 24.1 Å². The van der Waals surface area contributed by atoms with Crippen LogP contribution in [0.2, 0.25) is 0 Å². The summed E-state index contributed by atoms with van der Waals surface area (Å²) in [5.41, 5.74) is 3.12. The highest BCUT2D eigenvalue weighted by molar-refractivity contribution is 5.67. The molecule has 2 heterocycles. The molecule has 3 rings (SSSR count). The molecule has 1 saturated carbocycles. The van der Waals surface area contributed by atoms with Crippen molar-refractivity contribution in [1.29, 1.82) is 0 Å². The maximum absolute atomic E-state index is 12.9. The Hall–Kier alpha value is -1.62. The number of hydrogen-bond acceptors (Lipinski definition) is 3. The first-order valence-electron chi connectivity index (χ1n) is 8.22. The molecule has 0 saturated heterocycles. The molecular formula is C17H24N2O3. The normalized spacial score (nSPS) is 19.3. The fourth-order valence-electron chi connectivity index (χ4n) is 3.84. The van der Waals surface area contributed by atoms with Crippen molar-refractivity contribution in [3.8, 4) is 0 Å². The molecule has 0 amide bonds. The third-order valence-corrected chi connectivity index (χ3v) is 4.97. The van der Waals surface area contributed by atoms with E-state index in [4.69, 9.17) is 5.11 Å². The van der Waals surface area contributed by atoms with Gasteiger partial charge in [-0.15, -0.1) is 0 Å². The summed E-state index contributed by atoms with van der Waals surface area (Å²) in [6.45, 7) is 1.83. The third-order valence-electron chi connectivity index (χ3n) is 4.97. The van der Waals surface area contributed by atoms with Crippen LogP contribution in [-0.4, -0.2) is 34.1 Å². The van der Waals surface area contributed by atoms with E-state index in [0.717, 1.165) is 32.4 Å². The van der Waals surface area contributed by atoms with Gasteiger partial charge >= 0.3 is 5.97 Å². The Morgan fingerprint density at radius 3 is 2.77 bits per heavy atom. The second-order valence-corrected chi connectivity index (χ2v) is 6.64. The Labute approximate surface area is 130 Å². The van der Waals surface area contributed by atoms with Crippen LogP contribution in [-0.2, 0) is 24.2 Å². The van der Waals surface area contributed by atoms with Crippen LogP contribution in [0.3, 0.4) is 0 Å². The smallest absolute Gasteiger partial charge is 0.303 e. The van der Waals surface area contributed by atoms with Crippen molar-refractivity contribution >= 4 is 5.97 Å². The fraction of sp³-hybridized carbons (Fsp3) is 0.647. The van der Waals surface area contributed by atoms with Crippen molar-refractivity contribution < 1.29 is 9.90 Å². The summed E-state index contributed by atoms with van der Waals surface area (Å²) in [6, 6.07) is 2.27. The Bertz CT molecular complexity index is 630. The minimum atomic E-state index is -0.846. The molecule has 1 aromatic rings. The summed E-state index contributed by atoms with van der Waals surface area (Å²) in [6.07, 6.45) is 5.79. The van der Waals surface area contributed by atoms with E-state index in [1.54, 1.807) is 0 Å². The third kappa shape index (κ3) is 2.95. The van der Waals surface area contributed by atoms with Crippen LogP contribution in [0, 0.1) is 0 Å². The molecule has 0 radical (unpaired) electrons. The topological polar surface area (TPSA) is 62.5 Å². The number of carboxylic acids is 1. The number of aromatic nitrogens is 1. The number of hydrogen-bond donors (Lipinski definition) is 1. The molecule has 120 valence electrons. The van der Waals surface area contributed by atoms with E-state index in [2.05, 4.69) is 11.9 Å². The molecule has 5 heteroatoms. The van der Waals surface area contributed by atoms with Gasteiger partial charge in [0.25, 0.3) is 5.56 Å². The molecule has 1 aliphatic carbocycles. The summed E-state index contributed by atoms with van der Waals surface area (Å²) in [7, 11) is 2.09. The second kappa shape index (κ2) is 6.24. The molecular weight excluding hydrogens is 280 g/mol. The van der Waals surface area contributed by atoms with Crippen LogP contribution in [0.1, 0.15) is 55.0 Å². The predicted molar refractivity (Wildman–Crippen MR) is 84.2 cm³/mol. The van der Waals surface area contributed by atoms with E-state index in [0.29, 0.717) is 18.0 Å². The standard InChI is InChI=1S/C17H24N2O3/c1-18-9-8-15-13(11-18)10-12(6-7-16(20)21)17(22)19(15)14-4-2-3-5-14/h10,14H,2-9,11H2,1H3,(H,20,21). The number of pyridine rings is 1. The Kier molecular flexibility index (Phi) is 4.34. The van der Waals surface area contributed by atoms with Crippen molar-refractivity contribution in [3.63, 3.8) is 0 Å². The molecule has 1 aliphatic heterocycles. The van der Waals surface area contributed by atoms with Crippen molar-refractivity contribution in [1.82, 2.24) is 9.47 Å². The first-order valence-corrected chi connectivity index (χ1v) is 8.22. The predicted octanol–water partition coefficient (Wildman–Crippen LogP) is 1.97. The molecule has 0 spiro atoms. The molecule has 2 aliphatic rings. The quantitative estimate of drug-likeness (QED) is 0.924. The molecule has 0 bridgehead atoms. The zero-order valence-corrected chi connectivity index (χ0v) is 13.2. The zero-order chi connectivity index (χ0) is 15.7. The van der Waals surface area contributed by atoms with E-state index in [-0.39, 0.29) is 12.0 Å². The molecule has 1 aromatic heterocycles. The van der Waals surface area contributed by atoms with Gasteiger partial charge in [0.15, 0.2) is 0 Å². The number of likely N-dealkylation sites (N-methyl/N-ethyl adjacent to an activating group) is 1. The van der Waals surface area contributed by atoms with Crippen LogP contribution in [0.15, 0.2) is 10.9 Å². The maximum Gasteiger partial charge on any atom is 0.303 e. The van der Waals surface area contributed by atoms with Gasteiger partial charge in [-0.1, -0.05) is 12.8 Å². The fourth-order valence-corrected chi connectivity index (χ4v) is 3.84. The molecule has 1 fully saturated rings. The van der Waals surface area contributed by atoms with Gasteiger partial charge < -0.3 is 14.6 Å². The Morgan fingerprint density at radius 2 is 2.09 bits per heavy atom. The number of aliphatic carboxylic acids is 1. The molecule has 1 N–H and O–H groups in total. The highest BCUT2D eigenvalue weighted by atomic mass is 16.4. The average Bonchev–Trinajstić information content (AvgIpc) is 2.99. The van der Waals surface area contributed by atoms with Crippen LogP contribution in [0.25, 0.3) is 0 Å². The highest BCUT2D eigenvalue weighted by Crippen LogP contribution is 2.31. The summed E-state index contributed by atoms with van der Waals surface area (Å²) < 4.78 is 2.02. The largest absolute Gasteiger partial charge is 0.481 e. The van der Waals surface area contributed by atoms with Crippen LogP contribution >= 0.6 is 0 Å². The van der Waals surface area contributed by atoms with Gasteiger partial charge in [-0.3, -0.25) is 9.59 Å². The number of carbonyl (C=O) groups is 1. The number of fused-ring (bicyclic) bond motifs is 1. The van der Waals surface area contributed by atoms with Crippen molar-refractivity contribution in [2.45, 2.75) is 57.5 Å². The van der Waals surface area contributed by atoms with E-state index in [1.807, 2.05) is 10.6 Å². The lowest BCUT2D eigenvalue weighted by Gasteiger charge is -2.30. The summed E-state index contributed by atoms with van der Waals surface area (Å²) in [4.78, 5) is 26.0. The van der Waals surface area contributed by atoms with Crippen LogP contribution in [0.4, 0.5) is 0 Å². The van der Waals surface area contributed by atoms with Gasteiger partial charge in [0.1, 0.15) is 0 Å². The highest BCUT2D eigenvalue weighted by Gasteiger charge is 2.26. The molecule has 5 nitrogen and oxygen atoms in total. The number of nitrogens with zero attached hydrogens (tertiary/aromatic N) is 2. The van der Waals surface area contributed by atoms with Crippen molar-refractivity contribution in [3.05, 3.63) is 33.2 Å². The molecule has 22 heavy (non-hydrogen) atoms. The summed E-state index contributed by atoms with van der Waals surface area (Å²) in [5, 5.41) is 8.91. The SMILES string of the molecule is CN1CCc2c(cc(CCC(=O)O)c(=O)n2C2CCCC2)C1. The van der Waals surface area contributed by atoms with Gasteiger partial charge in [-0.05, 0) is 37.9 Å². The first kappa shape index (κ1) is 15.3. The molecule has 0 unspecified atom stereocenters. The van der Waals surface area contributed by atoms with Crippen LogP contribution < -0.4 is 5.56 Å². The lowest BCUT2D eigenvalue weighted by Crippen LogP contribution is -2.36. The van der Waals surface area contributed by atoms with Gasteiger partial charge in [0, 0.05) is 43.2 Å². The summed E-state index contributed by atoms with van der Waals surface area (Å²) >= 11 is 0. The van der Waals surface area contributed by atoms with Crippen molar-refractivity contribution in [2.75, 3.05) is 13.6 Å².